The molecule has 0 spiro atoms. The van der Waals surface area contributed by atoms with E-state index in [-0.39, 0.29) is 17.1 Å². The molecule has 6 aromatic carbocycles. The molecule has 47 heavy (non-hydrogen) atoms. The summed E-state index contributed by atoms with van der Waals surface area (Å²) in [6.07, 6.45) is 0. The van der Waals surface area contributed by atoms with Crippen molar-refractivity contribution in [3.63, 3.8) is 0 Å². The molecule has 0 bridgehead atoms. The van der Waals surface area contributed by atoms with Gasteiger partial charge in [-0.1, -0.05) is 182 Å². The maximum absolute atomic E-state index is 10.7. The van der Waals surface area contributed by atoms with E-state index < -0.39 is 31.5 Å². The number of rotatable bonds is 6. The Hall–Kier alpha value is -3.60. The van der Waals surface area contributed by atoms with Crippen LogP contribution < -0.4 is 31.8 Å². The molecule has 0 aromatic heterocycles. The van der Waals surface area contributed by atoms with Gasteiger partial charge in [0.05, 0.1) is 0 Å². The van der Waals surface area contributed by atoms with Gasteiger partial charge in [-0.15, -0.1) is 0 Å². The molecule has 0 saturated carbocycles. The molecule has 0 unspecified atom stereocenters. The van der Waals surface area contributed by atoms with Gasteiger partial charge in [-0.25, -0.2) is 0 Å². The molecule has 0 aliphatic carbocycles. The smallest absolute Gasteiger partial charge is 0.279 e. The Bertz CT molecular complexity index is 1530. The van der Waals surface area contributed by atoms with Crippen molar-refractivity contribution in [2.45, 2.75) is 5.51 Å². The predicted octanol–water partition coefficient (Wildman–Crippen LogP) is 7.28. The van der Waals surface area contributed by atoms with Gasteiger partial charge in [0, 0.05) is 17.1 Å². The minimum absolute atomic E-state index is 0. The van der Waals surface area contributed by atoms with Crippen LogP contribution in [0.1, 0.15) is 0 Å². The maximum atomic E-state index is 10.7. The average molecular weight is 738 g/mol. The molecule has 0 aliphatic rings. The Morgan fingerprint density at radius 1 is 0.383 bits per heavy atom. The molecule has 0 fully saturated rings. The Morgan fingerprint density at radius 3 is 0.617 bits per heavy atom. The van der Waals surface area contributed by atoms with Crippen LogP contribution in [-0.4, -0.2) is 18.5 Å². The number of benzene rings is 6. The van der Waals surface area contributed by atoms with Crippen molar-refractivity contribution in [3.05, 3.63) is 182 Å². The van der Waals surface area contributed by atoms with E-state index >= 15 is 0 Å². The molecule has 1 N–H and O–H groups in total. The molecule has 0 aliphatic heterocycles. The van der Waals surface area contributed by atoms with Crippen LogP contribution in [0.25, 0.3) is 0 Å². The number of hydrogen-bond acceptors (Lipinski definition) is 2. The van der Waals surface area contributed by atoms with Crippen molar-refractivity contribution in [3.8, 4) is 0 Å². The zero-order valence-electron chi connectivity index (χ0n) is 24.8. The molecular formula is C37H31CuF3O3P2S. The monoisotopic (exact) mass is 737 g/mol. The number of hydrogen-bond donors (Lipinski definition) is 1. The second-order valence-corrected chi connectivity index (χ2v) is 15.5. The van der Waals surface area contributed by atoms with E-state index in [1.54, 1.807) is 0 Å². The van der Waals surface area contributed by atoms with Gasteiger partial charge < -0.3 is 0 Å². The van der Waals surface area contributed by atoms with Gasteiger partial charge in [0.1, 0.15) is 0 Å². The molecule has 6 aromatic rings. The summed E-state index contributed by atoms with van der Waals surface area (Å²) in [7, 11) is -6.73. The average Bonchev–Trinajstić information content (AvgIpc) is 3.08. The van der Waals surface area contributed by atoms with Gasteiger partial charge in [-0.2, -0.15) is 21.6 Å². The van der Waals surface area contributed by atoms with Crippen molar-refractivity contribution in [2.75, 3.05) is 0 Å². The van der Waals surface area contributed by atoms with E-state index in [1.165, 1.54) is 31.8 Å². The van der Waals surface area contributed by atoms with Crippen LogP contribution in [0.5, 0.6) is 0 Å². The first-order valence-corrected chi connectivity index (χ1v) is 18.2. The van der Waals surface area contributed by atoms with Crippen molar-refractivity contribution in [2.24, 2.45) is 0 Å². The second-order valence-electron chi connectivity index (χ2n) is 9.60. The third kappa shape index (κ3) is 11.6. The van der Waals surface area contributed by atoms with Crippen LogP contribution in [0, 0.1) is 0 Å². The fraction of sp³-hybridized carbons (Fsp3) is 0.0270. The Kier molecular flexibility index (Phi) is 15.0. The van der Waals surface area contributed by atoms with E-state index in [4.69, 9.17) is 13.0 Å². The summed E-state index contributed by atoms with van der Waals surface area (Å²) in [5, 5.41) is 8.39. The number of halogens is 3. The Morgan fingerprint density at radius 2 is 0.511 bits per heavy atom. The van der Waals surface area contributed by atoms with Crippen molar-refractivity contribution in [1.82, 2.24) is 0 Å². The normalized spacial score (nSPS) is 10.9. The Labute approximate surface area is 287 Å². The van der Waals surface area contributed by atoms with Crippen molar-refractivity contribution < 1.29 is 43.2 Å². The van der Waals surface area contributed by atoms with Crippen LogP contribution in [0.3, 0.4) is 0 Å². The van der Waals surface area contributed by atoms with Crippen LogP contribution in [0.2, 0.25) is 0 Å². The van der Waals surface area contributed by atoms with Gasteiger partial charge in [0.15, 0.2) is 0 Å². The quantitative estimate of drug-likeness (QED) is 0.0847. The summed E-state index contributed by atoms with van der Waals surface area (Å²) >= 11 is 0. The molecule has 0 atom stereocenters. The largest absolute Gasteiger partial charge is 0.522 e. The first kappa shape index (κ1) is 37.9. The van der Waals surface area contributed by atoms with Crippen LogP contribution >= 0.6 is 15.8 Å². The first-order valence-electron chi connectivity index (χ1n) is 14.1. The molecule has 3 nitrogen and oxygen atoms in total. The van der Waals surface area contributed by atoms with Gasteiger partial charge in [-0.05, 0) is 47.7 Å². The van der Waals surface area contributed by atoms with Crippen molar-refractivity contribution >= 4 is 57.8 Å². The SMILES string of the molecule is O=S(=O)(O)C(F)(F)F.[Cu].c1ccc(P(c2ccccc2)c2ccccc2)cc1.c1ccc(P(c2ccccc2)c2ccccc2)cc1. The second kappa shape index (κ2) is 18.7. The molecule has 1 radical (unpaired) electrons. The standard InChI is InChI=1S/2C18H15P.CHF3O3S.Cu/c2*1-4-10-16(11-5-1)19(17-12-6-2-7-13-17)18-14-8-3-9-15-18;2-1(3,4)8(5,6)7;/h2*1-15H;(H,5,6,7);. The molecule has 6 rings (SSSR count). The summed E-state index contributed by atoms with van der Waals surface area (Å²) < 4.78 is 57.5. The molecule has 0 saturated heterocycles. The molecule has 245 valence electrons. The summed E-state index contributed by atoms with van der Waals surface area (Å²) in [6.45, 7) is 0. The minimum Gasteiger partial charge on any atom is -0.279 e. The summed E-state index contributed by atoms with van der Waals surface area (Å²) in [6, 6.07) is 64.7. The van der Waals surface area contributed by atoms with Gasteiger partial charge in [0.2, 0.25) is 0 Å². The summed E-state index contributed by atoms with van der Waals surface area (Å²) in [5.74, 6) is 0. The van der Waals surface area contributed by atoms with Gasteiger partial charge >= 0.3 is 15.6 Å². The third-order valence-electron chi connectivity index (χ3n) is 6.38. The zero-order chi connectivity index (χ0) is 32.8. The van der Waals surface area contributed by atoms with E-state index in [0.717, 1.165) is 0 Å². The van der Waals surface area contributed by atoms with E-state index in [1.807, 2.05) is 0 Å². The number of alkyl halides is 3. The summed E-state index contributed by atoms with van der Waals surface area (Å²) in [4.78, 5) is 0. The van der Waals surface area contributed by atoms with Crippen molar-refractivity contribution in [1.29, 1.82) is 0 Å². The van der Waals surface area contributed by atoms with Crippen LogP contribution in [-0.2, 0) is 27.2 Å². The molecule has 10 heteroatoms. The van der Waals surface area contributed by atoms with Gasteiger partial charge in [-0.3, -0.25) is 4.55 Å². The fourth-order valence-electron chi connectivity index (χ4n) is 4.36. The van der Waals surface area contributed by atoms with E-state index in [0.29, 0.717) is 0 Å². The third-order valence-corrected chi connectivity index (χ3v) is 11.9. The molecular weight excluding hydrogens is 707 g/mol. The topological polar surface area (TPSA) is 54.4 Å². The zero-order valence-corrected chi connectivity index (χ0v) is 28.4. The van der Waals surface area contributed by atoms with E-state index in [9.17, 15) is 13.2 Å². The summed E-state index contributed by atoms with van der Waals surface area (Å²) in [5.41, 5.74) is -5.53. The van der Waals surface area contributed by atoms with Crippen LogP contribution in [0.4, 0.5) is 13.2 Å². The Balaban J connectivity index is 0.000000206. The minimum atomic E-state index is -5.84. The van der Waals surface area contributed by atoms with Gasteiger partial charge in [0.25, 0.3) is 0 Å². The van der Waals surface area contributed by atoms with Crippen LogP contribution in [0.15, 0.2) is 182 Å². The molecule has 0 amide bonds. The van der Waals surface area contributed by atoms with E-state index in [2.05, 4.69) is 182 Å². The predicted molar refractivity (Wildman–Crippen MR) is 188 cm³/mol. The first-order chi connectivity index (χ1) is 22.1. The maximum Gasteiger partial charge on any atom is 0.522 e. The fourth-order valence-corrected chi connectivity index (χ4v) is 8.97. The molecule has 0 heterocycles.